The van der Waals surface area contributed by atoms with Gasteiger partial charge in [-0.3, -0.25) is 0 Å². The van der Waals surface area contributed by atoms with Gasteiger partial charge in [-0.2, -0.15) is 0 Å². The minimum absolute atomic E-state index is 0.593. The predicted octanol–water partition coefficient (Wildman–Crippen LogP) is 1.97. The standard InChI is InChI=1S/C10H8Se2/c1-3-9(11-7-1)5-6-10-4-2-8-12-10/h1-8H/b6-5+. The van der Waals surface area contributed by atoms with Crippen LogP contribution in [0.1, 0.15) is 8.87 Å². The second-order valence-corrected chi connectivity index (χ2v) is 6.47. The van der Waals surface area contributed by atoms with Crippen molar-refractivity contribution in [2.45, 2.75) is 0 Å². The Morgan fingerprint density at radius 1 is 0.833 bits per heavy atom. The van der Waals surface area contributed by atoms with Crippen LogP contribution in [0.4, 0.5) is 0 Å². The van der Waals surface area contributed by atoms with Gasteiger partial charge in [0.2, 0.25) is 0 Å². The molecule has 0 fully saturated rings. The quantitative estimate of drug-likeness (QED) is 0.740. The third-order valence-corrected chi connectivity index (χ3v) is 5.01. The van der Waals surface area contributed by atoms with Crippen molar-refractivity contribution < 1.29 is 0 Å². The van der Waals surface area contributed by atoms with Crippen LogP contribution in [0.2, 0.25) is 0 Å². The summed E-state index contributed by atoms with van der Waals surface area (Å²) in [6.45, 7) is 0. The fourth-order valence-corrected chi connectivity index (χ4v) is 3.53. The summed E-state index contributed by atoms with van der Waals surface area (Å²) in [5, 5.41) is 0. The number of hydrogen-bond donors (Lipinski definition) is 0. The molecule has 0 aromatic carbocycles. The number of rotatable bonds is 2. The normalized spacial score (nSPS) is 11.0. The van der Waals surface area contributed by atoms with E-state index in [1.54, 1.807) is 0 Å². The Morgan fingerprint density at radius 2 is 1.33 bits per heavy atom. The summed E-state index contributed by atoms with van der Waals surface area (Å²) in [6.07, 6.45) is 4.50. The molecule has 2 heterocycles. The Labute approximate surface area is 84.0 Å². The van der Waals surface area contributed by atoms with E-state index in [4.69, 9.17) is 0 Å². The van der Waals surface area contributed by atoms with Crippen LogP contribution in [0.5, 0.6) is 0 Å². The molecule has 0 N–H and O–H groups in total. The van der Waals surface area contributed by atoms with Gasteiger partial charge in [0.25, 0.3) is 0 Å². The molecule has 12 heavy (non-hydrogen) atoms. The summed E-state index contributed by atoms with van der Waals surface area (Å²) in [7, 11) is 0. The van der Waals surface area contributed by atoms with Crippen molar-refractivity contribution in [3.05, 3.63) is 43.0 Å². The van der Waals surface area contributed by atoms with Gasteiger partial charge in [-0.15, -0.1) is 0 Å². The van der Waals surface area contributed by atoms with Crippen LogP contribution in [-0.4, -0.2) is 29.0 Å². The van der Waals surface area contributed by atoms with Crippen LogP contribution in [0.25, 0.3) is 12.2 Å². The number of hydrogen-bond acceptors (Lipinski definition) is 0. The van der Waals surface area contributed by atoms with Gasteiger partial charge < -0.3 is 0 Å². The molecule has 0 aliphatic heterocycles. The molecule has 0 atom stereocenters. The van der Waals surface area contributed by atoms with E-state index in [9.17, 15) is 0 Å². The zero-order valence-electron chi connectivity index (χ0n) is 6.44. The van der Waals surface area contributed by atoms with Crippen molar-refractivity contribution in [2.24, 2.45) is 0 Å². The van der Waals surface area contributed by atoms with Crippen LogP contribution in [0.15, 0.2) is 34.1 Å². The third-order valence-electron chi connectivity index (χ3n) is 1.50. The summed E-state index contributed by atoms with van der Waals surface area (Å²) in [4.78, 5) is 4.50. The Bertz CT molecular complexity index is 305. The SMILES string of the molecule is C(=C\c1ccc[se]1)/c1ccc[se]1. The molecule has 0 saturated carbocycles. The van der Waals surface area contributed by atoms with E-state index in [2.05, 4.69) is 46.3 Å². The molecule has 0 amide bonds. The summed E-state index contributed by atoms with van der Waals surface area (Å²) in [5.41, 5.74) is 0. The fraction of sp³-hybridized carbons (Fsp3) is 0. The molecule has 0 bridgehead atoms. The predicted molar refractivity (Wildman–Crippen MR) is 55.7 cm³/mol. The summed E-state index contributed by atoms with van der Waals surface area (Å²) >= 11 is 1.19. The van der Waals surface area contributed by atoms with Crippen molar-refractivity contribution in [3.63, 3.8) is 0 Å². The summed E-state index contributed by atoms with van der Waals surface area (Å²) in [6, 6.07) is 8.69. The van der Waals surface area contributed by atoms with Crippen molar-refractivity contribution in [1.29, 1.82) is 0 Å². The molecule has 0 nitrogen and oxygen atoms in total. The molecule has 0 saturated heterocycles. The van der Waals surface area contributed by atoms with Crippen molar-refractivity contribution >= 4 is 41.2 Å². The van der Waals surface area contributed by atoms with Gasteiger partial charge in [0.05, 0.1) is 0 Å². The molecule has 2 aromatic heterocycles. The van der Waals surface area contributed by atoms with Gasteiger partial charge in [0.15, 0.2) is 0 Å². The maximum atomic E-state index is 2.25. The second-order valence-electron chi connectivity index (χ2n) is 2.36. The minimum atomic E-state index is 0.593. The molecule has 2 rings (SSSR count). The van der Waals surface area contributed by atoms with E-state index in [1.165, 1.54) is 8.87 Å². The van der Waals surface area contributed by atoms with Gasteiger partial charge in [-0.25, -0.2) is 0 Å². The van der Waals surface area contributed by atoms with Crippen LogP contribution >= 0.6 is 0 Å². The van der Waals surface area contributed by atoms with Crippen LogP contribution in [0.3, 0.4) is 0 Å². The maximum absolute atomic E-state index is 2.25. The zero-order valence-corrected chi connectivity index (χ0v) is 9.86. The van der Waals surface area contributed by atoms with E-state index < -0.39 is 0 Å². The Morgan fingerprint density at radius 3 is 1.67 bits per heavy atom. The first kappa shape index (κ1) is 8.34. The fourth-order valence-electron chi connectivity index (χ4n) is 0.936. The van der Waals surface area contributed by atoms with E-state index >= 15 is 0 Å². The van der Waals surface area contributed by atoms with Gasteiger partial charge in [0, 0.05) is 0 Å². The molecule has 60 valence electrons. The first-order valence-corrected chi connectivity index (χ1v) is 7.39. The molecule has 0 radical (unpaired) electrons. The first-order chi connectivity index (χ1) is 5.95. The Kier molecular flexibility index (Phi) is 2.86. The average Bonchev–Trinajstić information content (AvgIpc) is 2.74. The van der Waals surface area contributed by atoms with Crippen molar-refractivity contribution in [2.75, 3.05) is 0 Å². The molecule has 0 spiro atoms. The van der Waals surface area contributed by atoms with Crippen molar-refractivity contribution in [1.82, 2.24) is 0 Å². The van der Waals surface area contributed by atoms with Gasteiger partial charge in [-0.05, 0) is 0 Å². The Balaban J connectivity index is 2.14. The first-order valence-electron chi connectivity index (χ1n) is 3.70. The van der Waals surface area contributed by atoms with Crippen molar-refractivity contribution in [3.8, 4) is 0 Å². The van der Waals surface area contributed by atoms with Crippen LogP contribution in [-0.2, 0) is 0 Å². The molecule has 0 aliphatic rings. The van der Waals surface area contributed by atoms with Gasteiger partial charge in [-0.1, -0.05) is 0 Å². The molecule has 2 aromatic rings. The molecular formula is C10H8Se2. The van der Waals surface area contributed by atoms with E-state index in [0.29, 0.717) is 29.0 Å². The van der Waals surface area contributed by atoms with Crippen LogP contribution < -0.4 is 0 Å². The monoisotopic (exact) mass is 288 g/mol. The zero-order chi connectivity index (χ0) is 8.23. The Hall–Kier alpha value is -0.261. The third kappa shape index (κ3) is 2.12. The molecule has 0 unspecified atom stereocenters. The topological polar surface area (TPSA) is 0 Å². The van der Waals surface area contributed by atoms with Crippen LogP contribution in [0, 0.1) is 0 Å². The summed E-state index contributed by atoms with van der Waals surface area (Å²) < 4.78 is 2.96. The van der Waals surface area contributed by atoms with E-state index in [-0.39, 0.29) is 0 Å². The molecule has 0 aliphatic carbocycles. The van der Waals surface area contributed by atoms with E-state index in [0.717, 1.165) is 0 Å². The molecular weight excluding hydrogens is 278 g/mol. The van der Waals surface area contributed by atoms with Gasteiger partial charge >= 0.3 is 84.2 Å². The summed E-state index contributed by atoms with van der Waals surface area (Å²) in [5.74, 6) is 0. The average molecular weight is 286 g/mol. The second kappa shape index (κ2) is 4.11. The molecule has 2 heteroatoms. The van der Waals surface area contributed by atoms with Gasteiger partial charge in [0.1, 0.15) is 0 Å². The van der Waals surface area contributed by atoms with E-state index in [1.807, 2.05) is 0 Å².